The first-order chi connectivity index (χ1) is 12.6. The van der Waals surface area contributed by atoms with Gasteiger partial charge >= 0.3 is 0 Å². The average molecular weight is 359 g/mol. The summed E-state index contributed by atoms with van der Waals surface area (Å²) in [4.78, 5) is 39.8. The minimum absolute atomic E-state index is 0.0106. The van der Waals surface area contributed by atoms with Gasteiger partial charge < -0.3 is 19.9 Å². The van der Waals surface area contributed by atoms with Crippen molar-refractivity contribution < 1.29 is 19.1 Å². The van der Waals surface area contributed by atoms with Crippen molar-refractivity contribution in [2.75, 3.05) is 39.9 Å². The second kappa shape index (κ2) is 8.31. The summed E-state index contributed by atoms with van der Waals surface area (Å²) >= 11 is 0. The molecule has 0 spiro atoms. The van der Waals surface area contributed by atoms with Crippen LogP contribution in [0.15, 0.2) is 24.3 Å². The van der Waals surface area contributed by atoms with Crippen molar-refractivity contribution in [1.82, 2.24) is 15.1 Å². The summed E-state index contributed by atoms with van der Waals surface area (Å²) < 4.78 is 5.00. The van der Waals surface area contributed by atoms with Crippen LogP contribution in [0.4, 0.5) is 0 Å². The second-order valence-electron chi connectivity index (χ2n) is 6.84. The first kappa shape index (κ1) is 18.4. The van der Waals surface area contributed by atoms with E-state index >= 15 is 0 Å². The molecule has 2 heterocycles. The highest BCUT2D eigenvalue weighted by atomic mass is 16.5. The molecule has 1 aromatic carbocycles. The molecule has 7 nitrogen and oxygen atoms in total. The molecule has 0 aromatic heterocycles. The monoisotopic (exact) mass is 359 g/mol. The van der Waals surface area contributed by atoms with Gasteiger partial charge in [-0.1, -0.05) is 18.2 Å². The number of methoxy groups -OCH3 is 1. The number of carbonyl (C=O) groups is 3. The molecule has 26 heavy (non-hydrogen) atoms. The standard InChI is InChI=1S/C19H25N3O4/c1-26-9-8-21-12-14(10-18(21)24)11-20-17(23)6-7-22-13-15-4-2-3-5-16(15)19(22)25/h2-5,14H,6-13H2,1H3,(H,20,23)/t14-/m1/s1. The zero-order valence-corrected chi connectivity index (χ0v) is 15.1. The summed E-state index contributed by atoms with van der Waals surface area (Å²) in [6, 6.07) is 7.54. The molecule has 1 saturated heterocycles. The molecule has 3 rings (SSSR count). The number of rotatable bonds is 8. The summed E-state index contributed by atoms with van der Waals surface area (Å²) in [6.45, 7) is 3.23. The number of hydrogen-bond acceptors (Lipinski definition) is 4. The quantitative estimate of drug-likeness (QED) is 0.739. The van der Waals surface area contributed by atoms with Gasteiger partial charge in [0.1, 0.15) is 0 Å². The highest BCUT2D eigenvalue weighted by Gasteiger charge is 2.30. The Hall–Kier alpha value is -2.41. The molecular weight excluding hydrogens is 334 g/mol. The zero-order chi connectivity index (χ0) is 18.5. The largest absolute Gasteiger partial charge is 0.383 e. The summed E-state index contributed by atoms with van der Waals surface area (Å²) in [5.41, 5.74) is 1.74. The summed E-state index contributed by atoms with van der Waals surface area (Å²) in [5.74, 6) is 0.155. The fraction of sp³-hybridized carbons (Fsp3) is 0.526. The van der Waals surface area contributed by atoms with Crippen molar-refractivity contribution in [1.29, 1.82) is 0 Å². The van der Waals surface area contributed by atoms with Crippen molar-refractivity contribution in [3.63, 3.8) is 0 Å². The molecule has 0 saturated carbocycles. The lowest BCUT2D eigenvalue weighted by atomic mass is 10.1. The molecular formula is C19H25N3O4. The SMILES string of the molecule is COCCN1C[C@@H](CNC(=O)CCN2Cc3ccccc3C2=O)CC1=O. The fourth-order valence-electron chi connectivity index (χ4n) is 3.49. The van der Waals surface area contributed by atoms with Crippen LogP contribution in [-0.4, -0.2) is 67.4 Å². The molecule has 1 N–H and O–H groups in total. The van der Waals surface area contributed by atoms with E-state index in [4.69, 9.17) is 4.74 Å². The van der Waals surface area contributed by atoms with Crippen molar-refractivity contribution in [3.05, 3.63) is 35.4 Å². The van der Waals surface area contributed by atoms with Gasteiger partial charge in [-0.25, -0.2) is 0 Å². The molecule has 3 amide bonds. The summed E-state index contributed by atoms with van der Waals surface area (Å²) in [5, 5.41) is 2.89. The van der Waals surface area contributed by atoms with E-state index in [0.29, 0.717) is 45.8 Å². The third kappa shape index (κ3) is 4.22. The van der Waals surface area contributed by atoms with Gasteiger partial charge in [0, 0.05) is 64.2 Å². The molecule has 0 aliphatic carbocycles. The first-order valence-corrected chi connectivity index (χ1v) is 8.99. The van der Waals surface area contributed by atoms with Crippen LogP contribution in [0.5, 0.6) is 0 Å². The first-order valence-electron chi connectivity index (χ1n) is 8.99. The van der Waals surface area contributed by atoms with Crippen LogP contribution >= 0.6 is 0 Å². The van der Waals surface area contributed by atoms with Gasteiger partial charge in [0.05, 0.1) is 6.61 Å². The lowest BCUT2D eigenvalue weighted by Crippen LogP contribution is -2.34. The predicted octanol–water partition coefficient (Wildman–Crippen LogP) is 0.644. The van der Waals surface area contributed by atoms with Gasteiger partial charge in [-0.2, -0.15) is 0 Å². The number of benzene rings is 1. The Balaban J connectivity index is 1.38. The van der Waals surface area contributed by atoms with Crippen molar-refractivity contribution in [2.24, 2.45) is 5.92 Å². The van der Waals surface area contributed by atoms with E-state index in [2.05, 4.69) is 5.32 Å². The van der Waals surface area contributed by atoms with E-state index in [1.54, 1.807) is 16.9 Å². The Kier molecular flexibility index (Phi) is 5.88. The van der Waals surface area contributed by atoms with Crippen LogP contribution in [0.1, 0.15) is 28.8 Å². The maximum Gasteiger partial charge on any atom is 0.254 e. The van der Waals surface area contributed by atoms with Gasteiger partial charge in [-0.05, 0) is 11.6 Å². The topological polar surface area (TPSA) is 79.0 Å². The van der Waals surface area contributed by atoms with Gasteiger partial charge in [0.25, 0.3) is 5.91 Å². The molecule has 7 heteroatoms. The Bertz CT molecular complexity index is 691. The number of fused-ring (bicyclic) bond motifs is 1. The van der Waals surface area contributed by atoms with Crippen LogP contribution in [0.3, 0.4) is 0 Å². The normalized spacial score (nSPS) is 19.2. The minimum Gasteiger partial charge on any atom is -0.383 e. The Morgan fingerprint density at radius 3 is 2.81 bits per heavy atom. The van der Waals surface area contributed by atoms with E-state index in [1.165, 1.54) is 0 Å². The van der Waals surface area contributed by atoms with Crippen LogP contribution in [0.25, 0.3) is 0 Å². The second-order valence-corrected chi connectivity index (χ2v) is 6.84. The van der Waals surface area contributed by atoms with Crippen molar-refractivity contribution in [3.8, 4) is 0 Å². The molecule has 0 unspecified atom stereocenters. The Morgan fingerprint density at radius 2 is 2.04 bits per heavy atom. The van der Waals surface area contributed by atoms with Crippen LogP contribution in [-0.2, 0) is 20.9 Å². The van der Waals surface area contributed by atoms with Gasteiger partial charge in [0.15, 0.2) is 0 Å². The van der Waals surface area contributed by atoms with Crippen LogP contribution in [0, 0.1) is 5.92 Å². The van der Waals surface area contributed by atoms with Crippen LogP contribution in [0.2, 0.25) is 0 Å². The van der Waals surface area contributed by atoms with Gasteiger partial charge in [-0.3, -0.25) is 14.4 Å². The van der Waals surface area contributed by atoms with Crippen molar-refractivity contribution in [2.45, 2.75) is 19.4 Å². The van der Waals surface area contributed by atoms with E-state index in [-0.39, 0.29) is 30.1 Å². The molecule has 2 aliphatic heterocycles. The van der Waals surface area contributed by atoms with E-state index in [1.807, 2.05) is 24.3 Å². The molecule has 2 aliphatic rings. The number of amides is 3. The average Bonchev–Trinajstić information content (AvgIpc) is 3.16. The smallest absolute Gasteiger partial charge is 0.254 e. The maximum absolute atomic E-state index is 12.3. The molecule has 0 bridgehead atoms. The fourth-order valence-corrected chi connectivity index (χ4v) is 3.49. The number of carbonyl (C=O) groups excluding carboxylic acids is 3. The molecule has 0 radical (unpaired) electrons. The minimum atomic E-state index is -0.0865. The summed E-state index contributed by atoms with van der Waals surface area (Å²) in [6.07, 6.45) is 0.734. The number of hydrogen-bond donors (Lipinski definition) is 1. The molecule has 1 fully saturated rings. The number of ether oxygens (including phenoxy) is 1. The zero-order valence-electron chi connectivity index (χ0n) is 15.1. The molecule has 1 aromatic rings. The van der Waals surface area contributed by atoms with E-state index < -0.39 is 0 Å². The predicted molar refractivity (Wildman–Crippen MR) is 95.4 cm³/mol. The third-order valence-electron chi connectivity index (χ3n) is 4.95. The van der Waals surface area contributed by atoms with E-state index in [0.717, 1.165) is 11.1 Å². The molecule has 1 atom stereocenters. The number of nitrogens with one attached hydrogen (secondary N) is 1. The van der Waals surface area contributed by atoms with Gasteiger partial charge in [-0.15, -0.1) is 0 Å². The molecule has 140 valence electrons. The number of likely N-dealkylation sites (tertiary alicyclic amines) is 1. The third-order valence-corrected chi connectivity index (χ3v) is 4.95. The lowest BCUT2D eigenvalue weighted by molar-refractivity contribution is -0.128. The Morgan fingerprint density at radius 1 is 1.23 bits per heavy atom. The van der Waals surface area contributed by atoms with Gasteiger partial charge in [0.2, 0.25) is 11.8 Å². The lowest BCUT2D eigenvalue weighted by Gasteiger charge is -2.17. The highest BCUT2D eigenvalue weighted by Crippen LogP contribution is 2.22. The highest BCUT2D eigenvalue weighted by molar-refractivity contribution is 5.98. The Labute approximate surface area is 153 Å². The maximum atomic E-state index is 12.3. The number of nitrogens with zero attached hydrogens (tertiary/aromatic N) is 2. The van der Waals surface area contributed by atoms with Crippen molar-refractivity contribution >= 4 is 17.7 Å². The van der Waals surface area contributed by atoms with Crippen LogP contribution < -0.4 is 5.32 Å². The van der Waals surface area contributed by atoms with E-state index in [9.17, 15) is 14.4 Å². The summed E-state index contributed by atoms with van der Waals surface area (Å²) in [7, 11) is 1.61.